The number of hydrogen-bond acceptors (Lipinski definition) is 7. The number of amides is 1. The number of oxazole rings is 1. The molecule has 0 aromatic carbocycles. The molecule has 1 saturated carbocycles. The molecule has 1 radical (unpaired) electrons. The zero-order chi connectivity index (χ0) is 22.9. The first kappa shape index (κ1) is 21.8. The third kappa shape index (κ3) is 4.38. The molecule has 10 heteroatoms. The van der Waals surface area contributed by atoms with Crippen molar-refractivity contribution in [1.82, 2.24) is 25.1 Å². The molecule has 1 atom stereocenters. The molecule has 177 valence electrons. The zero-order valence-corrected chi connectivity index (χ0v) is 21.0. The number of anilines is 2. The second kappa shape index (κ2) is 9.53. The molecule has 0 spiro atoms. The summed E-state index contributed by atoms with van der Waals surface area (Å²) in [6, 6.07) is 2.19. The van der Waals surface area contributed by atoms with Gasteiger partial charge in [-0.25, -0.2) is 0 Å². The van der Waals surface area contributed by atoms with Crippen LogP contribution in [0.2, 0.25) is 0 Å². The van der Waals surface area contributed by atoms with Crippen molar-refractivity contribution in [1.29, 1.82) is 0 Å². The van der Waals surface area contributed by atoms with Crippen molar-refractivity contribution in [3.05, 3.63) is 35.5 Å². The zero-order valence-electron chi connectivity index (χ0n) is 19.2. The van der Waals surface area contributed by atoms with Crippen LogP contribution in [0.25, 0.3) is 0 Å². The van der Waals surface area contributed by atoms with Crippen molar-refractivity contribution < 1.29 is 9.21 Å². The van der Waals surface area contributed by atoms with Gasteiger partial charge in [0.05, 0.1) is 0 Å². The van der Waals surface area contributed by atoms with E-state index in [2.05, 4.69) is 31.5 Å². The molecule has 9 nitrogen and oxygen atoms in total. The summed E-state index contributed by atoms with van der Waals surface area (Å²) in [7, 11) is 0. The minimum atomic E-state index is -0.341. The predicted molar refractivity (Wildman–Crippen MR) is 129 cm³/mol. The fraction of sp³-hybridized carbons (Fsp3) is 0.542. The van der Waals surface area contributed by atoms with E-state index in [1.54, 1.807) is 0 Å². The van der Waals surface area contributed by atoms with Gasteiger partial charge in [0.25, 0.3) is 0 Å². The molecule has 1 amide bonds. The summed E-state index contributed by atoms with van der Waals surface area (Å²) in [5.74, 6) is 1.18. The van der Waals surface area contributed by atoms with Gasteiger partial charge < -0.3 is 0 Å². The molecule has 1 aliphatic heterocycles. The Morgan fingerprint density at radius 3 is 2.88 bits per heavy atom. The van der Waals surface area contributed by atoms with E-state index in [1.807, 2.05) is 0 Å². The van der Waals surface area contributed by atoms with Gasteiger partial charge in [0.15, 0.2) is 0 Å². The van der Waals surface area contributed by atoms with Crippen LogP contribution in [0.3, 0.4) is 0 Å². The third-order valence-corrected chi connectivity index (χ3v) is 9.41. The van der Waals surface area contributed by atoms with Gasteiger partial charge in [-0.2, -0.15) is 0 Å². The second-order valence-electron chi connectivity index (χ2n) is 9.43. The Hall–Kier alpha value is -2.67. The van der Waals surface area contributed by atoms with E-state index in [-0.39, 0.29) is 33.7 Å². The first-order valence-electron chi connectivity index (χ1n) is 12.4. The van der Waals surface area contributed by atoms with Crippen LogP contribution in [-0.2, 0) is 17.6 Å². The molecule has 3 aromatic rings. The number of aromatic amines is 1. The van der Waals surface area contributed by atoms with Crippen LogP contribution in [0.15, 0.2) is 22.9 Å². The van der Waals surface area contributed by atoms with Crippen molar-refractivity contribution in [2.45, 2.75) is 76.2 Å². The van der Waals surface area contributed by atoms with E-state index in [1.165, 1.54) is 55.8 Å². The van der Waals surface area contributed by atoms with Crippen molar-refractivity contribution in [3.8, 4) is 0 Å². The molecule has 3 aliphatic rings. The van der Waals surface area contributed by atoms with Crippen molar-refractivity contribution in [3.63, 3.8) is 0 Å². The van der Waals surface area contributed by atoms with Crippen molar-refractivity contribution in [2.24, 2.45) is 0 Å². The van der Waals surface area contributed by atoms with Gasteiger partial charge >= 0.3 is 205 Å². The normalized spacial score (nSPS) is 20.9. The van der Waals surface area contributed by atoms with Gasteiger partial charge in [-0.3, -0.25) is 0 Å². The van der Waals surface area contributed by atoms with E-state index in [0.29, 0.717) is 11.9 Å². The van der Waals surface area contributed by atoms with Crippen LogP contribution < -0.4 is 19.2 Å². The number of H-pyrrole nitrogens is 1. The second-order valence-corrected chi connectivity index (χ2v) is 11.8. The van der Waals surface area contributed by atoms with Gasteiger partial charge in [-0.05, 0) is 0 Å². The maximum absolute atomic E-state index is 12.9. The predicted octanol–water partition coefficient (Wildman–Crippen LogP) is 1.99. The summed E-state index contributed by atoms with van der Waals surface area (Å²) in [4.78, 5) is 29.0. The van der Waals surface area contributed by atoms with Gasteiger partial charge in [-0.15, -0.1) is 0 Å². The molecule has 1 saturated heterocycles. The molecule has 0 bridgehead atoms. The Morgan fingerprint density at radius 1 is 1.12 bits per heavy atom. The molecular formula is C24H29AsN7O2. The molecular weight excluding hydrogens is 493 g/mol. The Bertz CT molecular complexity index is 1160. The maximum atomic E-state index is 12.9. The molecule has 0 unspecified atom stereocenters. The minimum absolute atomic E-state index is 0.122. The Balaban J connectivity index is 1.24. The number of carbonyl (C=O) groups is 1. The summed E-state index contributed by atoms with van der Waals surface area (Å²) < 4.78 is 7.48. The summed E-state index contributed by atoms with van der Waals surface area (Å²) >= 11 is -0.341. The van der Waals surface area contributed by atoms with Gasteiger partial charge in [0.2, 0.25) is 0 Å². The quantitative estimate of drug-likeness (QED) is 0.476. The van der Waals surface area contributed by atoms with Crippen LogP contribution >= 0.6 is 0 Å². The van der Waals surface area contributed by atoms with Gasteiger partial charge in [-0.1, -0.05) is 0 Å². The number of rotatable bonds is 6. The first-order valence-corrected chi connectivity index (χ1v) is 14.3. The van der Waals surface area contributed by atoms with Crippen molar-refractivity contribution >= 4 is 42.6 Å². The average Bonchev–Trinajstić information content (AvgIpc) is 3.67. The van der Waals surface area contributed by atoms with Crippen LogP contribution in [0, 0.1) is 0 Å². The summed E-state index contributed by atoms with van der Waals surface area (Å²) in [5, 5.41) is 10.8. The standard InChI is InChI=1S/C24H29AsN7O2/c33-22(29-24-26-11-13-34-24)19-10-5-12-32(19)23-27-17-9-4-8-16(17)21(28-23)25-20-14-18(30-31-20)15-6-2-1-3-7-15/h11,13-15,19H,1-10,12H2,(H,30,31)(H,26,29,33)/t19-/m1/s1. The average molecular weight is 522 g/mol. The fourth-order valence-electron chi connectivity index (χ4n) is 5.49. The Kier molecular flexibility index (Phi) is 6.12. The van der Waals surface area contributed by atoms with E-state index in [0.717, 1.165) is 53.3 Å². The van der Waals surface area contributed by atoms with Crippen LogP contribution in [0.4, 0.5) is 12.0 Å². The number of nitrogens with one attached hydrogen (secondary N) is 2. The van der Waals surface area contributed by atoms with Crippen LogP contribution in [0.1, 0.15) is 74.2 Å². The SMILES string of the molecule is O=C(Nc1ncco1)[C@H]1CCCN1c1nc2c(c([As]c3cc(C4CCCCC4)[nH]n3)n1)CCC2. The molecule has 4 heterocycles. The monoisotopic (exact) mass is 522 g/mol. The molecule has 2 fully saturated rings. The van der Waals surface area contributed by atoms with Gasteiger partial charge in [0, 0.05) is 0 Å². The molecule has 34 heavy (non-hydrogen) atoms. The Labute approximate surface area is 205 Å². The van der Waals surface area contributed by atoms with E-state index < -0.39 is 0 Å². The van der Waals surface area contributed by atoms with E-state index >= 15 is 0 Å². The molecule has 2 N–H and O–H groups in total. The number of carbonyl (C=O) groups excluding carboxylic acids is 1. The van der Waals surface area contributed by atoms with Crippen molar-refractivity contribution in [2.75, 3.05) is 16.8 Å². The third-order valence-electron chi connectivity index (χ3n) is 7.22. The van der Waals surface area contributed by atoms with E-state index in [9.17, 15) is 4.79 Å². The number of fused-ring (bicyclic) bond motifs is 1. The van der Waals surface area contributed by atoms with Crippen LogP contribution in [0.5, 0.6) is 0 Å². The van der Waals surface area contributed by atoms with Gasteiger partial charge in [0.1, 0.15) is 0 Å². The summed E-state index contributed by atoms with van der Waals surface area (Å²) in [6.45, 7) is 0.770. The number of aryl methyl sites for hydroxylation is 1. The number of nitrogens with zero attached hydrogens (tertiary/aromatic N) is 5. The number of aromatic nitrogens is 5. The van der Waals surface area contributed by atoms with E-state index in [4.69, 9.17) is 14.4 Å². The fourth-order valence-corrected chi connectivity index (χ4v) is 7.66. The Morgan fingerprint density at radius 2 is 2.03 bits per heavy atom. The summed E-state index contributed by atoms with van der Waals surface area (Å²) in [5.41, 5.74) is 3.75. The summed E-state index contributed by atoms with van der Waals surface area (Å²) in [6.07, 6.45) is 14.3. The first-order chi connectivity index (χ1) is 16.7. The molecule has 6 rings (SSSR count). The topological polar surface area (TPSA) is 113 Å². The molecule has 2 aliphatic carbocycles. The van der Waals surface area contributed by atoms with Crippen LogP contribution in [-0.4, -0.2) is 59.4 Å². The molecule has 3 aromatic heterocycles. The number of hydrogen-bond donors (Lipinski definition) is 2.